The first-order valence-corrected chi connectivity index (χ1v) is 8.71. The summed E-state index contributed by atoms with van der Waals surface area (Å²) in [6.45, 7) is 10.9. The highest BCUT2D eigenvalue weighted by atomic mass is 32.2. The number of aromatic nitrogens is 3. The fourth-order valence-corrected chi connectivity index (χ4v) is 3.28. The van der Waals surface area contributed by atoms with E-state index in [1.165, 1.54) is 0 Å². The van der Waals surface area contributed by atoms with E-state index < -0.39 is 0 Å². The van der Waals surface area contributed by atoms with Crippen molar-refractivity contribution in [3.63, 3.8) is 0 Å². The minimum atomic E-state index is 0.402. The molecule has 0 saturated carbocycles. The quantitative estimate of drug-likeness (QED) is 0.865. The Kier molecular flexibility index (Phi) is 5.90. The van der Waals surface area contributed by atoms with Crippen molar-refractivity contribution >= 4 is 23.7 Å². The van der Waals surface area contributed by atoms with E-state index in [0.717, 1.165) is 25.3 Å². The second-order valence-electron chi connectivity index (χ2n) is 5.13. The normalized spacial score (nSPS) is 22.2. The summed E-state index contributed by atoms with van der Waals surface area (Å²) in [5.74, 6) is 2.40. The average molecular weight is 311 g/mol. The first-order chi connectivity index (χ1) is 10.2. The molecule has 1 aromatic heterocycles. The molecular weight excluding hydrogens is 286 g/mol. The maximum atomic E-state index is 5.60. The van der Waals surface area contributed by atoms with E-state index in [1.54, 1.807) is 0 Å². The summed E-state index contributed by atoms with van der Waals surface area (Å²) in [5, 5.41) is 3.72. The molecule has 0 spiro atoms. The van der Waals surface area contributed by atoms with Crippen molar-refractivity contribution < 1.29 is 4.74 Å². The van der Waals surface area contributed by atoms with Crippen LogP contribution in [0.2, 0.25) is 0 Å². The molecule has 1 N–H and O–H groups in total. The topological polar surface area (TPSA) is 63.2 Å². The van der Waals surface area contributed by atoms with Gasteiger partial charge in [0.25, 0.3) is 0 Å². The molecule has 118 valence electrons. The lowest BCUT2D eigenvalue weighted by Gasteiger charge is -2.37. The Morgan fingerprint density at radius 3 is 2.81 bits per heavy atom. The van der Waals surface area contributed by atoms with E-state index in [1.807, 2.05) is 18.7 Å². The molecule has 0 bridgehead atoms. The van der Waals surface area contributed by atoms with E-state index in [2.05, 4.69) is 45.9 Å². The summed E-state index contributed by atoms with van der Waals surface area (Å²) in [6, 6.07) is 0.815. The fraction of sp³-hybridized carbons (Fsp3) is 0.786. The van der Waals surface area contributed by atoms with Gasteiger partial charge in [-0.25, -0.2) is 0 Å². The molecule has 0 amide bonds. The van der Waals surface area contributed by atoms with Gasteiger partial charge in [0.2, 0.25) is 11.9 Å². The van der Waals surface area contributed by atoms with Crippen molar-refractivity contribution in [1.29, 1.82) is 0 Å². The average Bonchev–Trinajstić information content (AvgIpc) is 2.48. The fourth-order valence-electron chi connectivity index (χ4n) is 2.18. The van der Waals surface area contributed by atoms with Crippen LogP contribution in [0, 0.1) is 0 Å². The van der Waals surface area contributed by atoms with Gasteiger partial charge in [-0.15, -0.1) is 0 Å². The molecule has 0 aromatic carbocycles. The molecule has 1 aliphatic heterocycles. The molecule has 1 saturated heterocycles. The Bertz CT molecular complexity index is 459. The minimum absolute atomic E-state index is 0.402. The molecular formula is C14H25N5OS. The van der Waals surface area contributed by atoms with Gasteiger partial charge in [-0.2, -0.15) is 26.7 Å². The highest BCUT2D eigenvalue weighted by Crippen LogP contribution is 2.28. The first kappa shape index (κ1) is 16.1. The smallest absolute Gasteiger partial charge is 0.323 e. The van der Waals surface area contributed by atoms with Crippen molar-refractivity contribution in [1.82, 2.24) is 15.0 Å². The summed E-state index contributed by atoms with van der Waals surface area (Å²) in [7, 11) is 0. The van der Waals surface area contributed by atoms with E-state index >= 15 is 0 Å². The number of hydrogen-bond donors (Lipinski definition) is 1. The van der Waals surface area contributed by atoms with Crippen LogP contribution in [0.3, 0.4) is 0 Å². The van der Waals surface area contributed by atoms with Crippen LogP contribution in [-0.2, 0) is 0 Å². The summed E-state index contributed by atoms with van der Waals surface area (Å²) >= 11 is 2.00. The SMILES string of the molecule is CCCOc1nc(NCC)nc(N2CCSC(C)C2C)n1. The van der Waals surface area contributed by atoms with Crippen LogP contribution in [-0.4, -0.2) is 51.7 Å². The first-order valence-electron chi connectivity index (χ1n) is 7.66. The highest BCUT2D eigenvalue weighted by molar-refractivity contribution is 8.00. The molecule has 1 aliphatic rings. The molecule has 0 aliphatic carbocycles. The van der Waals surface area contributed by atoms with Crippen LogP contribution in [0.1, 0.15) is 34.1 Å². The zero-order valence-corrected chi connectivity index (χ0v) is 14.1. The van der Waals surface area contributed by atoms with E-state index in [0.29, 0.717) is 35.8 Å². The van der Waals surface area contributed by atoms with Gasteiger partial charge in [0.15, 0.2) is 0 Å². The molecule has 2 unspecified atom stereocenters. The number of hydrogen-bond acceptors (Lipinski definition) is 7. The Morgan fingerprint density at radius 1 is 1.29 bits per heavy atom. The summed E-state index contributed by atoms with van der Waals surface area (Å²) in [6.07, 6.45) is 0.936. The molecule has 1 aromatic rings. The van der Waals surface area contributed by atoms with Crippen LogP contribution in [0.4, 0.5) is 11.9 Å². The number of anilines is 2. The lowest BCUT2D eigenvalue weighted by atomic mass is 10.2. The molecule has 21 heavy (non-hydrogen) atoms. The van der Waals surface area contributed by atoms with Crippen LogP contribution in [0.25, 0.3) is 0 Å². The number of nitrogens with zero attached hydrogens (tertiary/aromatic N) is 4. The molecule has 7 heteroatoms. The molecule has 0 radical (unpaired) electrons. The molecule has 2 rings (SSSR count). The lowest BCUT2D eigenvalue weighted by molar-refractivity contribution is 0.291. The summed E-state index contributed by atoms with van der Waals surface area (Å²) < 4.78 is 5.60. The third-order valence-electron chi connectivity index (χ3n) is 3.51. The second kappa shape index (κ2) is 7.68. The van der Waals surface area contributed by atoms with Gasteiger partial charge in [0.1, 0.15) is 0 Å². The number of thioether (sulfide) groups is 1. The standard InChI is InChI=1S/C14H25N5OS/c1-5-8-20-14-17-12(15-6-2)16-13(18-14)19-7-9-21-11(4)10(19)3/h10-11H,5-9H2,1-4H3,(H,15,16,17,18). The zero-order chi connectivity index (χ0) is 15.2. The Hall–Kier alpha value is -1.24. The minimum Gasteiger partial charge on any atom is -0.463 e. The lowest BCUT2D eigenvalue weighted by Crippen LogP contribution is -2.45. The van der Waals surface area contributed by atoms with Gasteiger partial charge in [0.05, 0.1) is 6.61 Å². The van der Waals surface area contributed by atoms with Crippen LogP contribution < -0.4 is 15.0 Å². The zero-order valence-electron chi connectivity index (χ0n) is 13.3. The van der Waals surface area contributed by atoms with Gasteiger partial charge in [-0.3, -0.25) is 0 Å². The summed E-state index contributed by atoms with van der Waals surface area (Å²) in [4.78, 5) is 15.6. The van der Waals surface area contributed by atoms with Gasteiger partial charge in [-0.05, 0) is 20.3 Å². The van der Waals surface area contributed by atoms with Crippen molar-refractivity contribution in [3.8, 4) is 6.01 Å². The second-order valence-corrected chi connectivity index (χ2v) is 6.62. The maximum Gasteiger partial charge on any atom is 0.323 e. The Balaban J connectivity index is 2.25. The summed E-state index contributed by atoms with van der Waals surface area (Å²) in [5.41, 5.74) is 0. The molecule has 6 nitrogen and oxygen atoms in total. The van der Waals surface area contributed by atoms with Gasteiger partial charge < -0.3 is 15.0 Å². The monoisotopic (exact) mass is 311 g/mol. The van der Waals surface area contributed by atoms with Gasteiger partial charge in [0, 0.05) is 30.1 Å². The molecule has 1 fully saturated rings. The van der Waals surface area contributed by atoms with E-state index in [4.69, 9.17) is 4.74 Å². The Labute approximate surface area is 131 Å². The van der Waals surface area contributed by atoms with Crippen LogP contribution in [0.15, 0.2) is 0 Å². The molecule has 2 heterocycles. The predicted molar refractivity (Wildman–Crippen MR) is 88.5 cm³/mol. The van der Waals surface area contributed by atoms with Gasteiger partial charge in [-0.1, -0.05) is 13.8 Å². The highest BCUT2D eigenvalue weighted by Gasteiger charge is 2.28. The van der Waals surface area contributed by atoms with Crippen molar-refractivity contribution in [3.05, 3.63) is 0 Å². The van der Waals surface area contributed by atoms with Crippen LogP contribution in [0.5, 0.6) is 6.01 Å². The van der Waals surface area contributed by atoms with E-state index in [-0.39, 0.29) is 0 Å². The number of rotatable bonds is 6. The third kappa shape index (κ3) is 4.12. The number of ether oxygens (including phenoxy) is 1. The molecule has 2 atom stereocenters. The maximum absolute atomic E-state index is 5.60. The van der Waals surface area contributed by atoms with Crippen molar-refractivity contribution in [2.45, 2.75) is 45.4 Å². The third-order valence-corrected chi connectivity index (χ3v) is 4.85. The van der Waals surface area contributed by atoms with Crippen molar-refractivity contribution in [2.24, 2.45) is 0 Å². The predicted octanol–water partition coefficient (Wildman–Crippen LogP) is 2.42. The van der Waals surface area contributed by atoms with Crippen LogP contribution >= 0.6 is 11.8 Å². The largest absolute Gasteiger partial charge is 0.463 e. The number of nitrogens with one attached hydrogen (secondary N) is 1. The Morgan fingerprint density at radius 2 is 2.10 bits per heavy atom. The van der Waals surface area contributed by atoms with Crippen molar-refractivity contribution in [2.75, 3.05) is 35.7 Å². The van der Waals surface area contributed by atoms with E-state index in [9.17, 15) is 0 Å². The van der Waals surface area contributed by atoms with Gasteiger partial charge >= 0.3 is 6.01 Å².